The van der Waals surface area contributed by atoms with Crippen molar-refractivity contribution in [2.45, 2.75) is 24.2 Å². The Morgan fingerprint density at radius 3 is 1.35 bits per heavy atom. The highest BCUT2D eigenvalue weighted by Crippen LogP contribution is 2.69. The van der Waals surface area contributed by atoms with E-state index in [1.54, 1.807) is 5.30 Å². The summed E-state index contributed by atoms with van der Waals surface area (Å²) in [7, 11) is -0.220. The molecule has 0 aromatic heterocycles. The van der Waals surface area contributed by atoms with Gasteiger partial charge in [-0.05, 0) is 29.3 Å². The molecule has 3 aromatic rings. The van der Waals surface area contributed by atoms with Crippen molar-refractivity contribution in [1.29, 1.82) is 0 Å². The Hall–Kier alpha value is -1.91. The van der Waals surface area contributed by atoms with Gasteiger partial charge in [0.1, 0.15) is 0 Å². The number of rotatable bonds is 3. The Balaban J connectivity index is 1.77. The van der Waals surface area contributed by atoms with Crippen molar-refractivity contribution in [3.63, 3.8) is 0 Å². The van der Waals surface area contributed by atoms with Crippen LogP contribution in [0.1, 0.15) is 35.3 Å². The van der Waals surface area contributed by atoms with Crippen LogP contribution >= 0.6 is 7.92 Å². The van der Waals surface area contributed by atoms with E-state index >= 15 is 0 Å². The maximum Gasteiger partial charge on any atom is 0.00877 e. The van der Waals surface area contributed by atoms with Crippen LogP contribution in [0.25, 0.3) is 0 Å². The van der Waals surface area contributed by atoms with E-state index in [9.17, 15) is 0 Å². The summed E-state index contributed by atoms with van der Waals surface area (Å²) in [5.74, 6) is 0. The van der Waals surface area contributed by atoms with Crippen LogP contribution in [0.15, 0.2) is 91.0 Å². The summed E-state index contributed by atoms with van der Waals surface area (Å²) in [5.41, 5.74) is 4.39. The van der Waals surface area contributed by atoms with Crippen LogP contribution in [0.2, 0.25) is 0 Å². The molecule has 1 aliphatic rings. The summed E-state index contributed by atoms with van der Waals surface area (Å²) in [6.45, 7) is 0. The Bertz CT molecular complexity index is 689. The van der Waals surface area contributed by atoms with Crippen LogP contribution in [0.4, 0.5) is 0 Å². The van der Waals surface area contributed by atoms with Crippen LogP contribution in [-0.2, 0) is 0 Å². The highest BCUT2D eigenvalue weighted by Gasteiger charge is 2.38. The lowest BCUT2D eigenvalue weighted by molar-refractivity contribution is 0.765. The topological polar surface area (TPSA) is 0 Å². The van der Waals surface area contributed by atoms with Gasteiger partial charge in [-0.2, -0.15) is 0 Å². The average molecular weight is 316 g/mol. The molecule has 0 N–H and O–H groups in total. The molecular weight excluding hydrogens is 295 g/mol. The molecule has 1 aliphatic heterocycles. The van der Waals surface area contributed by atoms with Crippen molar-refractivity contribution in [3.05, 3.63) is 102 Å². The van der Waals surface area contributed by atoms with Gasteiger partial charge >= 0.3 is 0 Å². The van der Waals surface area contributed by atoms with E-state index in [1.165, 1.54) is 24.0 Å². The first kappa shape index (κ1) is 14.7. The fourth-order valence-electron chi connectivity index (χ4n) is 3.78. The first-order valence-electron chi connectivity index (χ1n) is 8.37. The van der Waals surface area contributed by atoms with Crippen LogP contribution in [0, 0.1) is 0 Å². The van der Waals surface area contributed by atoms with Crippen molar-refractivity contribution in [1.82, 2.24) is 0 Å². The molecule has 114 valence electrons. The zero-order valence-electron chi connectivity index (χ0n) is 13.2. The number of hydrogen-bond donors (Lipinski definition) is 0. The second-order valence-electron chi connectivity index (χ2n) is 6.17. The maximum absolute atomic E-state index is 2.34. The van der Waals surface area contributed by atoms with Gasteiger partial charge in [-0.15, -0.1) is 0 Å². The minimum absolute atomic E-state index is 0.220. The second-order valence-corrected chi connectivity index (χ2v) is 8.75. The summed E-state index contributed by atoms with van der Waals surface area (Å²) >= 11 is 0. The zero-order chi connectivity index (χ0) is 15.5. The van der Waals surface area contributed by atoms with Gasteiger partial charge in [0, 0.05) is 11.3 Å². The fourth-order valence-corrected chi connectivity index (χ4v) is 7.29. The predicted octanol–water partition coefficient (Wildman–Crippen LogP) is 6.07. The van der Waals surface area contributed by atoms with Gasteiger partial charge in [0.2, 0.25) is 0 Å². The molecule has 0 saturated carbocycles. The van der Waals surface area contributed by atoms with Gasteiger partial charge < -0.3 is 0 Å². The Morgan fingerprint density at radius 1 is 0.522 bits per heavy atom. The second kappa shape index (κ2) is 6.69. The van der Waals surface area contributed by atoms with Gasteiger partial charge in [0.05, 0.1) is 0 Å². The van der Waals surface area contributed by atoms with Gasteiger partial charge in [-0.25, -0.2) is 0 Å². The maximum atomic E-state index is 2.34. The monoisotopic (exact) mass is 316 g/mol. The molecule has 0 spiro atoms. The van der Waals surface area contributed by atoms with Crippen molar-refractivity contribution in [3.8, 4) is 0 Å². The van der Waals surface area contributed by atoms with Crippen molar-refractivity contribution < 1.29 is 0 Å². The van der Waals surface area contributed by atoms with Gasteiger partial charge in [0.25, 0.3) is 0 Å². The quantitative estimate of drug-likeness (QED) is 0.514. The van der Waals surface area contributed by atoms with E-state index in [-0.39, 0.29) is 7.92 Å². The Kier molecular flexibility index (Phi) is 4.26. The third-order valence-corrected chi connectivity index (χ3v) is 8.16. The first-order valence-corrected chi connectivity index (χ1v) is 9.85. The molecule has 1 fully saturated rings. The van der Waals surface area contributed by atoms with Crippen LogP contribution in [-0.4, -0.2) is 0 Å². The van der Waals surface area contributed by atoms with E-state index in [0.717, 1.165) is 0 Å². The van der Waals surface area contributed by atoms with E-state index in [4.69, 9.17) is 0 Å². The van der Waals surface area contributed by atoms with E-state index in [2.05, 4.69) is 91.0 Å². The molecule has 0 amide bonds. The minimum atomic E-state index is -0.220. The van der Waals surface area contributed by atoms with Crippen molar-refractivity contribution >= 4 is 13.2 Å². The van der Waals surface area contributed by atoms with Crippen LogP contribution in [0.3, 0.4) is 0 Å². The van der Waals surface area contributed by atoms with Gasteiger partial charge in [0.15, 0.2) is 0 Å². The standard InChI is InChI=1S/C22H21P/c1-4-10-18(11-5-1)21-16-17-22(19-12-6-2-7-13-19)23(21)20-14-8-3-9-15-20/h1-15,21-22H,16-17H2/t21-,22-/m0/s1. The summed E-state index contributed by atoms with van der Waals surface area (Å²) < 4.78 is 0. The lowest BCUT2D eigenvalue weighted by Gasteiger charge is -2.27. The molecule has 0 bridgehead atoms. The molecular formula is C22H21P. The molecule has 0 unspecified atom stereocenters. The van der Waals surface area contributed by atoms with Crippen molar-refractivity contribution in [2.24, 2.45) is 0 Å². The van der Waals surface area contributed by atoms with Gasteiger partial charge in [-0.3, -0.25) is 0 Å². The third-order valence-electron chi connectivity index (χ3n) is 4.81. The van der Waals surface area contributed by atoms with E-state index in [1.807, 2.05) is 0 Å². The van der Waals surface area contributed by atoms with Crippen LogP contribution in [0.5, 0.6) is 0 Å². The van der Waals surface area contributed by atoms with E-state index in [0.29, 0.717) is 11.3 Å². The smallest absolute Gasteiger partial charge is 0.00877 e. The number of benzene rings is 3. The Labute approximate surface area is 139 Å². The fraction of sp³-hybridized carbons (Fsp3) is 0.182. The zero-order valence-corrected chi connectivity index (χ0v) is 14.1. The molecule has 1 heterocycles. The highest BCUT2D eigenvalue weighted by atomic mass is 31.1. The lowest BCUT2D eigenvalue weighted by atomic mass is 10.0. The summed E-state index contributed by atoms with van der Waals surface area (Å²) in [6.07, 6.45) is 2.59. The number of hydrogen-bond acceptors (Lipinski definition) is 0. The summed E-state index contributed by atoms with van der Waals surface area (Å²) in [5, 5.41) is 1.54. The van der Waals surface area contributed by atoms with Gasteiger partial charge in [-0.1, -0.05) is 98.9 Å². The Morgan fingerprint density at radius 2 is 0.913 bits per heavy atom. The summed E-state index contributed by atoms with van der Waals surface area (Å²) in [6, 6.07) is 33.4. The molecule has 0 radical (unpaired) electrons. The molecule has 3 aromatic carbocycles. The normalized spacial score (nSPS) is 21.4. The average Bonchev–Trinajstić information content (AvgIpc) is 3.09. The molecule has 1 heteroatoms. The summed E-state index contributed by atoms with van der Waals surface area (Å²) in [4.78, 5) is 0. The lowest BCUT2D eigenvalue weighted by Crippen LogP contribution is -2.07. The SMILES string of the molecule is c1ccc([C@@H]2CC[C@@H](c3ccccc3)P2c2ccccc2)cc1. The molecule has 4 rings (SSSR count). The van der Waals surface area contributed by atoms with Crippen LogP contribution < -0.4 is 5.30 Å². The third kappa shape index (κ3) is 2.96. The van der Waals surface area contributed by atoms with E-state index < -0.39 is 0 Å². The molecule has 0 nitrogen and oxygen atoms in total. The minimum Gasteiger partial charge on any atom is -0.0622 e. The molecule has 2 atom stereocenters. The molecule has 23 heavy (non-hydrogen) atoms. The molecule has 0 aliphatic carbocycles. The largest absolute Gasteiger partial charge is 0.0622 e. The predicted molar refractivity (Wildman–Crippen MR) is 101 cm³/mol. The van der Waals surface area contributed by atoms with Crippen molar-refractivity contribution in [2.75, 3.05) is 0 Å². The highest BCUT2D eigenvalue weighted by molar-refractivity contribution is 7.66. The first-order chi connectivity index (χ1) is 11.4. The molecule has 1 saturated heterocycles.